The molecule has 0 N–H and O–H groups in total. The fourth-order valence-electron chi connectivity index (χ4n) is 5.42. The predicted octanol–water partition coefficient (Wildman–Crippen LogP) is 5.41. The summed E-state index contributed by atoms with van der Waals surface area (Å²) < 4.78 is 58.2. The number of ether oxygens (including phenoxy) is 3. The van der Waals surface area contributed by atoms with Gasteiger partial charge in [0.25, 0.3) is 0 Å². The van der Waals surface area contributed by atoms with Gasteiger partial charge in [-0.15, -0.1) is 0 Å². The lowest BCUT2D eigenvalue weighted by molar-refractivity contribution is -0.141. The molecule has 0 bridgehead atoms. The Kier molecular flexibility index (Phi) is 6.18. The summed E-state index contributed by atoms with van der Waals surface area (Å²) in [5.74, 6) is 0.938. The molecule has 2 heterocycles. The molecule has 0 amide bonds. The summed E-state index contributed by atoms with van der Waals surface area (Å²) in [7, 11) is 1.36. The van der Waals surface area contributed by atoms with Crippen molar-refractivity contribution in [2.75, 3.05) is 26.8 Å². The molecule has 5 nitrogen and oxygen atoms in total. The number of likely N-dealkylation sites (tertiary alicyclic amines) is 1. The number of fused-ring (bicyclic) bond motifs is 2. The van der Waals surface area contributed by atoms with Crippen LogP contribution in [0.2, 0.25) is 0 Å². The summed E-state index contributed by atoms with van der Waals surface area (Å²) in [6.45, 7) is 2.42. The van der Waals surface area contributed by atoms with Crippen LogP contribution in [0.4, 0.5) is 13.2 Å². The highest BCUT2D eigenvalue weighted by atomic mass is 19.4. The zero-order valence-electron chi connectivity index (χ0n) is 19.1. The van der Waals surface area contributed by atoms with Crippen LogP contribution in [-0.2, 0) is 28.7 Å². The maximum atomic E-state index is 13.8. The molecule has 0 radical (unpaired) electrons. The van der Waals surface area contributed by atoms with E-state index in [0.717, 1.165) is 42.6 Å². The third-order valence-electron chi connectivity index (χ3n) is 7.14. The van der Waals surface area contributed by atoms with Gasteiger partial charge in [0.2, 0.25) is 0 Å². The fraction of sp³-hybridized carbons (Fsp3) is 0.500. The first-order chi connectivity index (χ1) is 16.3. The monoisotopic (exact) mass is 475 g/mol. The van der Waals surface area contributed by atoms with Gasteiger partial charge in [0.15, 0.2) is 0 Å². The van der Waals surface area contributed by atoms with Crippen molar-refractivity contribution in [1.29, 1.82) is 0 Å². The summed E-state index contributed by atoms with van der Waals surface area (Å²) in [5.41, 5.74) is 2.43. The molecule has 34 heavy (non-hydrogen) atoms. The maximum absolute atomic E-state index is 13.8. The van der Waals surface area contributed by atoms with Gasteiger partial charge in [-0.3, -0.25) is 9.69 Å². The van der Waals surface area contributed by atoms with E-state index in [-0.39, 0.29) is 24.4 Å². The van der Waals surface area contributed by atoms with Gasteiger partial charge in [0.05, 0.1) is 25.7 Å². The Morgan fingerprint density at radius 2 is 1.91 bits per heavy atom. The van der Waals surface area contributed by atoms with E-state index in [2.05, 4.69) is 4.90 Å². The van der Waals surface area contributed by atoms with E-state index in [1.807, 2.05) is 12.1 Å². The van der Waals surface area contributed by atoms with Crippen LogP contribution < -0.4 is 9.47 Å². The number of methoxy groups -OCH3 is 1. The molecule has 0 saturated carbocycles. The molecule has 3 aliphatic rings. The molecule has 2 atom stereocenters. The second-order valence-corrected chi connectivity index (χ2v) is 9.27. The molecular formula is C26H28F3NO4. The number of hydrogen-bond donors (Lipinski definition) is 0. The SMILES string of the molecule is COC(=O)CC1COc2cc(O[C@@H]3CCc4c3ccc(C(F)(F)F)c4CN3CCCC3)ccc21. The second-order valence-electron chi connectivity index (χ2n) is 9.27. The van der Waals surface area contributed by atoms with E-state index in [0.29, 0.717) is 43.1 Å². The summed E-state index contributed by atoms with van der Waals surface area (Å²) >= 11 is 0. The topological polar surface area (TPSA) is 48.0 Å². The van der Waals surface area contributed by atoms with E-state index < -0.39 is 11.7 Å². The van der Waals surface area contributed by atoms with Gasteiger partial charge in [-0.2, -0.15) is 13.2 Å². The number of carbonyl (C=O) groups is 1. The summed E-state index contributed by atoms with van der Waals surface area (Å²) in [5, 5.41) is 0. The number of carbonyl (C=O) groups excluding carboxylic acids is 1. The molecule has 5 rings (SSSR count). The molecule has 0 spiro atoms. The molecule has 1 unspecified atom stereocenters. The van der Waals surface area contributed by atoms with Gasteiger partial charge in [0, 0.05) is 24.1 Å². The second kappa shape index (κ2) is 9.13. The average molecular weight is 476 g/mol. The number of esters is 1. The maximum Gasteiger partial charge on any atom is 0.416 e. The molecule has 0 aromatic heterocycles. The molecule has 8 heteroatoms. The Bertz CT molecular complexity index is 1080. The molecule has 2 aliphatic heterocycles. The van der Waals surface area contributed by atoms with Gasteiger partial charge in [0.1, 0.15) is 17.6 Å². The minimum absolute atomic E-state index is 0.0577. The van der Waals surface area contributed by atoms with Crippen LogP contribution in [-0.4, -0.2) is 37.7 Å². The smallest absolute Gasteiger partial charge is 0.416 e. The van der Waals surface area contributed by atoms with Gasteiger partial charge in [-0.05, 0) is 67.6 Å². The Balaban J connectivity index is 1.37. The van der Waals surface area contributed by atoms with Gasteiger partial charge < -0.3 is 14.2 Å². The van der Waals surface area contributed by atoms with Gasteiger partial charge >= 0.3 is 12.1 Å². The fourth-order valence-corrected chi connectivity index (χ4v) is 5.42. The number of alkyl halides is 3. The largest absolute Gasteiger partial charge is 0.492 e. The number of hydrogen-bond acceptors (Lipinski definition) is 5. The highest BCUT2D eigenvalue weighted by Crippen LogP contribution is 2.44. The minimum Gasteiger partial charge on any atom is -0.492 e. The standard InChI is InChI=1S/C26H28F3NO4/c1-32-25(31)12-16-15-33-24-13-17(4-5-18(16)24)34-23-9-7-19-20(23)6-8-22(26(27,28)29)21(19)14-30-10-2-3-11-30/h4-6,8,13,16,23H,2-3,7,9-12,14-15H2,1H3/t16?,23-/m1/s1. The lowest BCUT2D eigenvalue weighted by Crippen LogP contribution is -2.22. The normalized spacial score (nSPS) is 21.8. The first-order valence-electron chi connectivity index (χ1n) is 11.8. The Hall–Kier alpha value is -2.74. The van der Waals surface area contributed by atoms with Crippen molar-refractivity contribution in [3.63, 3.8) is 0 Å². The number of nitrogens with zero attached hydrogens (tertiary/aromatic N) is 1. The predicted molar refractivity (Wildman–Crippen MR) is 119 cm³/mol. The van der Waals surface area contributed by atoms with Crippen LogP contribution in [0, 0.1) is 0 Å². The summed E-state index contributed by atoms with van der Waals surface area (Å²) in [6.07, 6.45) is -1.17. The summed E-state index contributed by atoms with van der Waals surface area (Å²) in [6, 6.07) is 8.34. The molecule has 1 fully saturated rings. The average Bonchev–Trinajstić information content (AvgIpc) is 3.54. The van der Waals surface area contributed by atoms with Crippen LogP contribution in [0.25, 0.3) is 0 Å². The lowest BCUT2D eigenvalue weighted by atomic mass is 9.96. The quantitative estimate of drug-likeness (QED) is 0.523. The lowest BCUT2D eigenvalue weighted by Gasteiger charge is -2.23. The van der Waals surface area contributed by atoms with Crippen molar-refractivity contribution in [2.45, 2.75) is 56.8 Å². The third kappa shape index (κ3) is 4.48. The van der Waals surface area contributed by atoms with Gasteiger partial charge in [-0.25, -0.2) is 0 Å². The van der Waals surface area contributed by atoms with E-state index in [1.54, 1.807) is 12.1 Å². The van der Waals surface area contributed by atoms with Crippen molar-refractivity contribution in [3.8, 4) is 11.5 Å². The van der Waals surface area contributed by atoms with Crippen LogP contribution in [0.5, 0.6) is 11.5 Å². The van der Waals surface area contributed by atoms with Crippen LogP contribution in [0.1, 0.15) is 65.5 Å². The van der Waals surface area contributed by atoms with E-state index in [9.17, 15) is 18.0 Å². The number of benzene rings is 2. The van der Waals surface area contributed by atoms with Crippen LogP contribution in [0.3, 0.4) is 0 Å². The van der Waals surface area contributed by atoms with Crippen LogP contribution in [0.15, 0.2) is 30.3 Å². The van der Waals surface area contributed by atoms with E-state index in [1.165, 1.54) is 13.2 Å². The Labute approximate surface area is 196 Å². The van der Waals surface area contributed by atoms with Crippen LogP contribution >= 0.6 is 0 Å². The molecule has 2 aromatic rings. The minimum atomic E-state index is -4.37. The zero-order valence-corrected chi connectivity index (χ0v) is 19.1. The van der Waals surface area contributed by atoms with Crippen molar-refractivity contribution < 1.29 is 32.2 Å². The van der Waals surface area contributed by atoms with E-state index in [4.69, 9.17) is 14.2 Å². The zero-order chi connectivity index (χ0) is 23.9. The molecule has 2 aromatic carbocycles. The number of halogens is 3. The summed E-state index contributed by atoms with van der Waals surface area (Å²) in [4.78, 5) is 13.8. The molecule has 1 saturated heterocycles. The van der Waals surface area contributed by atoms with E-state index >= 15 is 0 Å². The number of rotatable bonds is 6. The highest BCUT2D eigenvalue weighted by molar-refractivity contribution is 5.71. The molecule has 1 aliphatic carbocycles. The van der Waals surface area contributed by atoms with Gasteiger partial charge in [-0.1, -0.05) is 12.1 Å². The van der Waals surface area contributed by atoms with Crippen molar-refractivity contribution >= 4 is 5.97 Å². The molecular weight excluding hydrogens is 447 g/mol. The first kappa shape index (κ1) is 23.0. The van der Waals surface area contributed by atoms with Crippen molar-refractivity contribution in [2.24, 2.45) is 0 Å². The highest BCUT2D eigenvalue weighted by Gasteiger charge is 2.38. The third-order valence-corrected chi connectivity index (χ3v) is 7.14. The van der Waals surface area contributed by atoms with Crippen molar-refractivity contribution in [1.82, 2.24) is 4.90 Å². The molecule has 182 valence electrons. The first-order valence-corrected chi connectivity index (χ1v) is 11.8. The Morgan fingerprint density at radius 3 is 2.65 bits per heavy atom. The van der Waals surface area contributed by atoms with Crippen molar-refractivity contribution in [3.05, 3.63) is 58.1 Å². The Morgan fingerprint density at radius 1 is 1.15 bits per heavy atom.